The minimum atomic E-state index is 0.0847. The summed E-state index contributed by atoms with van der Waals surface area (Å²) in [6.45, 7) is 5.95. The predicted molar refractivity (Wildman–Crippen MR) is 86.1 cm³/mol. The molecule has 23 heavy (non-hydrogen) atoms. The third-order valence-electron chi connectivity index (χ3n) is 5.45. The Hall–Kier alpha value is -1.40. The van der Waals surface area contributed by atoms with Crippen molar-refractivity contribution < 1.29 is 14.1 Å². The predicted octanol–water partition coefficient (Wildman–Crippen LogP) is 1.35. The van der Waals surface area contributed by atoms with E-state index in [9.17, 15) is 4.79 Å². The van der Waals surface area contributed by atoms with Crippen molar-refractivity contribution in [2.45, 2.75) is 51.7 Å². The molecule has 4 atom stereocenters. The Balaban J connectivity index is 1.54. The summed E-state index contributed by atoms with van der Waals surface area (Å²) in [5, 5.41) is 10.6. The Bertz CT molecular complexity index is 538. The van der Waals surface area contributed by atoms with Gasteiger partial charge in [-0.3, -0.25) is 4.79 Å². The fourth-order valence-corrected chi connectivity index (χ4v) is 4.07. The van der Waals surface area contributed by atoms with Crippen LogP contribution in [0.15, 0.2) is 4.52 Å². The van der Waals surface area contributed by atoms with E-state index in [4.69, 9.17) is 9.26 Å². The quantitative estimate of drug-likeness (QED) is 0.856. The molecule has 1 aromatic rings. The lowest BCUT2D eigenvalue weighted by atomic mass is 9.77. The van der Waals surface area contributed by atoms with E-state index in [1.807, 2.05) is 13.8 Å². The number of fused-ring (bicyclic) bond motifs is 1. The van der Waals surface area contributed by atoms with E-state index in [0.29, 0.717) is 24.7 Å². The van der Waals surface area contributed by atoms with Crippen molar-refractivity contribution in [3.05, 3.63) is 17.0 Å². The third-order valence-corrected chi connectivity index (χ3v) is 5.45. The van der Waals surface area contributed by atoms with Crippen LogP contribution in [0.3, 0.4) is 0 Å². The van der Waals surface area contributed by atoms with Crippen molar-refractivity contribution in [2.24, 2.45) is 11.8 Å². The monoisotopic (exact) mass is 321 g/mol. The standard InChI is InChI=1S/C17H27N3O3/c1-10-14(11(2)23-20-10)4-5-17(21)19-15-6-12-8-18-9-13(12)7-16(15)22-3/h12-13,15-16,18H,4-9H2,1-3H3,(H,19,21)/t12-,13+,15-,16-/m0/s1. The second-order valence-electron chi connectivity index (χ2n) is 6.90. The van der Waals surface area contributed by atoms with Crippen LogP contribution in [0.5, 0.6) is 0 Å². The Labute approximate surface area is 137 Å². The molecule has 1 aliphatic heterocycles. The number of rotatable bonds is 5. The molecule has 0 aromatic carbocycles. The first kappa shape index (κ1) is 16.5. The molecule has 6 heteroatoms. The van der Waals surface area contributed by atoms with Crippen molar-refractivity contribution in [2.75, 3.05) is 20.2 Å². The van der Waals surface area contributed by atoms with Gasteiger partial charge in [0.15, 0.2) is 0 Å². The molecular formula is C17H27N3O3. The molecule has 2 aliphatic rings. The van der Waals surface area contributed by atoms with Gasteiger partial charge in [-0.1, -0.05) is 5.16 Å². The van der Waals surface area contributed by atoms with Crippen LogP contribution < -0.4 is 10.6 Å². The molecule has 0 spiro atoms. The molecule has 6 nitrogen and oxygen atoms in total. The molecule has 2 N–H and O–H groups in total. The maximum atomic E-state index is 12.3. The molecule has 0 bridgehead atoms. The highest BCUT2D eigenvalue weighted by molar-refractivity contribution is 5.76. The van der Waals surface area contributed by atoms with Crippen LogP contribution in [0.2, 0.25) is 0 Å². The molecule has 2 fully saturated rings. The average molecular weight is 321 g/mol. The summed E-state index contributed by atoms with van der Waals surface area (Å²) in [5.41, 5.74) is 1.93. The fraction of sp³-hybridized carbons (Fsp3) is 0.765. The lowest BCUT2D eigenvalue weighted by Gasteiger charge is -2.37. The number of aryl methyl sites for hydroxylation is 2. The van der Waals surface area contributed by atoms with Crippen LogP contribution in [-0.2, 0) is 16.0 Å². The van der Waals surface area contributed by atoms with Crippen LogP contribution in [0.25, 0.3) is 0 Å². The number of nitrogens with zero attached hydrogens (tertiary/aromatic N) is 1. The van der Waals surface area contributed by atoms with E-state index >= 15 is 0 Å². The lowest BCUT2D eigenvalue weighted by molar-refractivity contribution is -0.123. The molecule has 1 saturated carbocycles. The van der Waals surface area contributed by atoms with Crippen molar-refractivity contribution in [3.63, 3.8) is 0 Å². The number of nitrogens with one attached hydrogen (secondary N) is 2. The summed E-state index contributed by atoms with van der Waals surface area (Å²) >= 11 is 0. The SMILES string of the molecule is CO[C@H]1C[C@@H]2CNC[C@@H]2C[C@@H]1NC(=O)CCc1c(C)noc1C. The van der Waals surface area contributed by atoms with Gasteiger partial charge in [0, 0.05) is 19.1 Å². The van der Waals surface area contributed by atoms with Gasteiger partial charge in [0.2, 0.25) is 5.91 Å². The second-order valence-corrected chi connectivity index (χ2v) is 6.90. The average Bonchev–Trinajstić information content (AvgIpc) is 3.11. The van der Waals surface area contributed by atoms with Gasteiger partial charge in [-0.15, -0.1) is 0 Å². The van der Waals surface area contributed by atoms with Gasteiger partial charge in [0.25, 0.3) is 0 Å². The number of carbonyl (C=O) groups is 1. The molecular weight excluding hydrogens is 294 g/mol. The number of methoxy groups -OCH3 is 1. The topological polar surface area (TPSA) is 76.4 Å². The van der Waals surface area contributed by atoms with Crippen LogP contribution in [0.4, 0.5) is 0 Å². The van der Waals surface area contributed by atoms with E-state index in [1.165, 1.54) is 0 Å². The lowest BCUT2D eigenvalue weighted by Crippen LogP contribution is -2.50. The molecule has 0 unspecified atom stereocenters. The number of amides is 1. The van der Waals surface area contributed by atoms with E-state index in [-0.39, 0.29) is 18.1 Å². The highest BCUT2D eigenvalue weighted by Gasteiger charge is 2.40. The van der Waals surface area contributed by atoms with Gasteiger partial charge in [0.05, 0.1) is 17.8 Å². The summed E-state index contributed by atoms with van der Waals surface area (Å²) in [6, 6.07) is 0.123. The summed E-state index contributed by atoms with van der Waals surface area (Å²) in [5.74, 6) is 2.24. The van der Waals surface area contributed by atoms with Gasteiger partial charge < -0.3 is 19.9 Å². The molecule has 2 heterocycles. The molecule has 128 valence electrons. The zero-order valence-electron chi connectivity index (χ0n) is 14.2. The van der Waals surface area contributed by atoms with Gasteiger partial charge in [-0.05, 0) is 58.0 Å². The Morgan fingerprint density at radius 1 is 1.35 bits per heavy atom. The maximum Gasteiger partial charge on any atom is 0.220 e. The Morgan fingerprint density at radius 3 is 2.74 bits per heavy atom. The van der Waals surface area contributed by atoms with Crippen LogP contribution >= 0.6 is 0 Å². The van der Waals surface area contributed by atoms with Gasteiger partial charge in [-0.2, -0.15) is 0 Å². The highest BCUT2D eigenvalue weighted by atomic mass is 16.5. The van der Waals surface area contributed by atoms with Crippen LogP contribution in [-0.4, -0.2) is 43.4 Å². The summed E-state index contributed by atoms with van der Waals surface area (Å²) < 4.78 is 10.8. The summed E-state index contributed by atoms with van der Waals surface area (Å²) in [6.07, 6.45) is 3.29. The number of hydrogen-bond donors (Lipinski definition) is 2. The zero-order valence-corrected chi connectivity index (χ0v) is 14.2. The number of hydrogen-bond acceptors (Lipinski definition) is 5. The van der Waals surface area contributed by atoms with E-state index in [2.05, 4.69) is 15.8 Å². The molecule has 1 aliphatic carbocycles. The van der Waals surface area contributed by atoms with Gasteiger partial charge in [-0.25, -0.2) is 0 Å². The van der Waals surface area contributed by atoms with Crippen molar-refractivity contribution in [1.29, 1.82) is 0 Å². The van der Waals surface area contributed by atoms with E-state index in [1.54, 1.807) is 7.11 Å². The largest absolute Gasteiger partial charge is 0.379 e. The zero-order chi connectivity index (χ0) is 16.4. The number of aromatic nitrogens is 1. The minimum absolute atomic E-state index is 0.0847. The summed E-state index contributed by atoms with van der Waals surface area (Å²) in [4.78, 5) is 12.3. The highest BCUT2D eigenvalue weighted by Crippen LogP contribution is 2.34. The maximum absolute atomic E-state index is 12.3. The van der Waals surface area contributed by atoms with E-state index in [0.717, 1.165) is 42.9 Å². The van der Waals surface area contributed by atoms with Crippen LogP contribution in [0.1, 0.15) is 36.3 Å². The first-order chi connectivity index (χ1) is 11.1. The number of carbonyl (C=O) groups excluding carboxylic acids is 1. The Morgan fingerprint density at radius 2 is 2.09 bits per heavy atom. The molecule has 1 amide bonds. The molecule has 3 rings (SSSR count). The normalized spacial score (nSPS) is 30.2. The van der Waals surface area contributed by atoms with Crippen molar-refractivity contribution >= 4 is 5.91 Å². The van der Waals surface area contributed by atoms with Crippen LogP contribution in [0, 0.1) is 25.7 Å². The molecule has 0 radical (unpaired) electrons. The smallest absolute Gasteiger partial charge is 0.220 e. The first-order valence-electron chi connectivity index (χ1n) is 8.53. The van der Waals surface area contributed by atoms with E-state index < -0.39 is 0 Å². The van der Waals surface area contributed by atoms with Crippen molar-refractivity contribution in [1.82, 2.24) is 15.8 Å². The number of ether oxygens (including phenoxy) is 1. The molecule has 1 saturated heterocycles. The first-order valence-corrected chi connectivity index (χ1v) is 8.53. The molecule has 1 aromatic heterocycles. The summed E-state index contributed by atoms with van der Waals surface area (Å²) in [7, 11) is 1.75. The third kappa shape index (κ3) is 3.58. The Kier molecular flexibility index (Phi) is 5.02. The van der Waals surface area contributed by atoms with Crippen molar-refractivity contribution in [3.8, 4) is 0 Å². The van der Waals surface area contributed by atoms with Gasteiger partial charge in [0.1, 0.15) is 5.76 Å². The minimum Gasteiger partial charge on any atom is -0.379 e. The second kappa shape index (κ2) is 7.01. The fourth-order valence-electron chi connectivity index (χ4n) is 4.07. The van der Waals surface area contributed by atoms with Gasteiger partial charge >= 0.3 is 0 Å².